The number of nitrogens with zero attached hydrogens (tertiary/aromatic N) is 6. The summed E-state index contributed by atoms with van der Waals surface area (Å²) in [5.41, 5.74) is 3.84. The van der Waals surface area contributed by atoms with Gasteiger partial charge in [0.25, 0.3) is 5.56 Å². The summed E-state index contributed by atoms with van der Waals surface area (Å²) in [5.74, 6) is 0.681. The summed E-state index contributed by atoms with van der Waals surface area (Å²) in [5, 5.41) is 12.8. The molecular formula is C24H28N6OS. The second-order valence-corrected chi connectivity index (χ2v) is 10.1. The summed E-state index contributed by atoms with van der Waals surface area (Å²) < 4.78 is 1.60. The Balaban J connectivity index is 1.45. The largest absolute Gasteiger partial charge is 0.364 e. The summed E-state index contributed by atoms with van der Waals surface area (Å²) in [6.07, 6.45) is 2.55. The van der Waals surface area contributed by atoms with Gasteiger partial charge in [-0.15, -0.1) is 11.3 Å². The molecule has 4 heterocycles. The molecule has 5 rings (SSSR count). The molecule has 3 aromatic heterocycles. The fourth-order valence-electron chi connectivity index (χ4n) is 4.82. The van der Waals surface area contributed by atoms with Crippen LogP contribution in [0.25, 0.3) is 11.0 Å². The molecule has 3 atom stereocenters. The summed E-state index contributed by atoms with van der Waals surface area (Å²) in [6.45, 7) is 8.34. The smallest absolute Gasteiger partial charge is 0.252 e. The van der Waals surface area contributed by atoms with Crippen LogP contribution in [0, 0.1) is 11.3 Å². The molecule has 1 saturated carbocycles. The Bertz CT molecular complexity index is 1270. The molecule has 3 aromatic rings. The number of fused-ring (bicyclic) bond motifs is 1. The summed E-state index contributed by atoms with van der Waals surface area (Å²) in [6, 6.07) is 8.02. The third-order valence-corrected chi connectivity index (χ3v) is 7.95. The minimum atomic E-state index is -0.0648. The van der Waals surface area contributed by atoms with E-state index < -0.39 is 0 Å². The van der Waals surface area contributed by atoms with Crippen LogP contribution < -0.4 is 10.5 Å². The summed E-state index contributed by atoms with van der Waals surface area (Å²) in [7, 11) is 1.75. The minimum Gasteiger partial charge on any atom is -0.364 e. The van der Waals surface area contributed by atoms with E-state index in [1.165, 1.54) is 23.5 Å². The molecule has 1 aliphatic carbocycles. The van der Waals surface area contributed by atoms with Crippen molar-refractivity contribution >= 4 is 28.1 Å². The van der Waals surface area contributed by atoms with Crippen LogP contribution in [0.15, 0.2) is 28.4 Å². The SMILES string of the molecule is CC(c1nc(C2CC2)cs1)N1C[C@H](C)N(c2cc(=O)n(C)c3ccc(C#N)nc23)C[C@H]1C. The first-order valence-corrected chi connectivity index (χ1v) is 12.1. The van der Waals surface area contributed by atoms with Gasteiger partial charge in [0, 0.05) is 49.6 Å². The first-order valence-electron chi connectivity index (χ1n) is 11.3. The quantitative estimate of drug-likeness (QED) is 0.604. The van der Waals surface area contributed by atoms with E-state index in [4.69, 9.17) is 4.98 Å². The Labute approximate surface area is 191 Å². The second-order valence-electron chi connectivity index (χ2n) is 9.21. The van der Waals surface area contributed by atoms with Gasteiger partial charge in [-0.1, -0.05) is 0 Å². The molecule has 2 fully saturated rings. The number of nitriles is 1. The summed E-state index contributed by atoms with van der Waals surface area (Å²) in [4.78, 5) is 27.0. The van der Waals surface area contributed by atoms with E-state index >= 15 is 0 Å². The maximum absolute atomic E-state index is 12.7. The van der Waals surface area contributed by atoms with Gasteiger partial charge in [-0.05, 0) is 45.7 Å². The zero-order valence-electron chi connectivity index (χ0n) is 18.9. The van der Waals surface area contributed by atoms with Crippen LogP contribution in [0.5, 0.6) is 0 Å². The molecule has 1 unspecified atom stereocenters. The average molecular weight is 449 g/mol. The van der Waals surface area contributed by atoms with Gasteiger partial charge in [0.2, 0.25) is 0 Å². The van der Waals surface area contributed by atoms with Gasteiger partial charge < -0.3 is 9.47 Å². The van der Waals surface area contributed by atoms with Crippen molar-refractivity contribution < 1.29 is 0 Å². The van der Waals surface area contributed by atoms with Gasteiger partial charge >= 0.3 is 0 Å². The monoisotopic (exact) mass is 448 g/mol. The number of thiazole rings is 1. The predicted molar refractivity (Wildman–Crippen MR) is 127 cm³/mol. The molecule has 32 heavy (non-hydrogen) atoms. The van der Waals surface area contributed by atoms with Crippen molar-refractivity contribution in [3.05, 3.63) is 50.3 Å². The van der Waals surface area contributed by atoms with Gasteiger partial charge in [0.05, 0.1) is 22.9 Å². The van der Waals surface area contributed by atoms with Crippen LogP contribution >= 0.6 is 11.3 Å². The van der Waals surface area contributed by atoms with E-state index in [9.17, 15) is 10.1 Å². The van der Waals surface area contributed by atoms with Crippen molar-refractivity contribution in [1.82, 2.24) is 19.4 Å². The van der Waals surface area contributed by atoms with Crippen LogP contribution in [0.1, 0.15) is 62.0 Å². The van der Waals surface area contributed by atoms with E-state index in [1.807, 2.05) is 6.07 Å². The van der Waals surface area contributed by atoms with E-state index in [0.29, 0.717) is 17.1 Å². The molecule has 1 saturated heterocycles. The first kappa shape index (κ1) is 21.1. The highest BCUT2D eigenvalue weighted by Crippen LogP contribution is 2.41. The summed E-state index contributed by atoms with van der Waals surface area (Å²) >= 11 is 1.78. The first-order chi connectivity index (χ1) is 15.4. The molecule has 0 bridgehead atoms. The third kappa shape index (κ3) is 3.59. The lowest BCUT2D eigenvalue weighted by molar-refractivity contribution is 0.119. The Hall–Kier alpha value is -2.76. The Morgan fingerprint density at radius 1 is 1.19 bits per heavy atom. The van der Waals surface area contributed by atoms with Gasteiger partial charge in [-0.25, -0.2) is 9.97 Å². The molecule has 7 nitrogen and oxygen atoms in total. The van der Waals surface area contributed by atoms with Crippen molar-refractivity contribution in [1.29, 1.82) is 5.26 Å². The Morgan fingerprint density at radius 3 is 2.69 bits per heavy atom. The van der Waals surface area contributed by atoms with Crippen molar-refractivity contribution in [2.75, 3.05) is 18.0 Å². The lowest BCUT2D eigenvalue weighted by Gasteiger charge is -2.47. The van der Waals surface area contributed by atoms with Crippen LogP contribution in [-0.2, 0) is 7.05 Å². The number of aryl methyl sites for hydroxylation is 1. The molecule has 1 aliphatic heterocycles. The molecule has 166 valence electrons. The molecule has 0 aromatic carbocycles. The van der Waals surface area contributed by atoms with Gasteiger partial charge in [0.15, 0.2) is 0 Å². The second kappa shape index (κ2) is 7.98. The van der Waals surface area contributed by atoms with E-state index in [-0.39, 0.29) is 23.7 Å². The fourth-order valence-corrected chi connectivity index (χ4v) is 5.80. The molecule has 0 N–H and O–H groups in total. The van der Waals surface area contributed by atoms with Gasteiger partial charge in [-0.3, -0.25) is 9.69 Å². The lowest BCUT2D eigenvalue weighted by Crippen LogP contribution is -2.57. The van der Waals surface area contributed by atoms with E-state index in [2.05, 4.69) is 47.0 Å². The number of hydrogen-bond acceptors (Lipinski definition) is 7. The average Bonchev–Trinajstić information content (AvgIpc) is 3.53. The maximum atomic E-state index is 12.7. The zero-order chi connectivity index (χ0) is 22.6. The zero-order valence-corrected chi connectivity index (χ0v) is 19.8. The van der Waals surface area contributed by atoms with E-state index in [1.54, 1.807) is 35.1 Å². The van der Waals surface area contributed by atoms with Crippen LogP contribution in [-0.4, -0.2) is 44.6 Å². The highest BCUT2D eigenvalue weighted by Gasteiger charge is 2.35. The minimum absolute atomic E-state index is 0.0648. The third-order valence-electron chi connectivity index (χ3n) is 6.92. The number of aromatic nitrogens is 3. The number of anilines is 1. The van der Waals surface area contributed by atoms with Gasteiger partial charge in [0.1, 0.15) is 22.3 Å². The number of hydrogen-bond donors (Lipinski definition) is 0. The molecule has 8 heteroatoms. The highest BCUT2D eigenvalue weighted by atomic mass is 32.1. The highest BCUT2D eigenvalue weighted by molar-refractivity contribution is 7.09. The van der Waals surface area contributed by atoms with Crippen molar-refractivity contribution in [2.45, 2.75) is 57.7 Å². The number of pyridine rings is 2. The van der Waals surface area contributed by atoms with Crippen LogP contribution in [0.3, 0.4) is 0 Å². The molecule has 0 amide bonds. The maximum Gasteiger partial charge on any atom is 0.252 e. The Kier molecular flexibility index (Phi) is 5.26. The Morgan fingerprint density at radius 2 is 1.97 bits per heavy atom. The van der Waals surface area contributed by atoms with E-state index in [0.717, 1.165) is 24.3 Å². The molecule has 0 spiro atoms. The fraction of sp³-hybridized carbons (Fsp3) is 0.500. The van der Waals surface area contributed by atoms with Crippen molar-refractivity contribution in [2.24, 2.45) is 7.05 Å². The molecular weight excluding hydrogens is 420 g/mol. The number of rotatable bonds is 4. The topological polar surface area (TPSA) is 78.0 Å². The predicted octanol–water partition coefficient (Wildman–Crippen LogP) is 3.80. The van der Waals surface area contributed by atoms with Crippen molar-refractivity contribution in [3.8, 4) is 6.07 Å². The number of piperazine rings is 1. The lowest BCUT2D eigenvalue weighted by atomic mass is 10.0. The van der Waals surface area contributed by atoms with Crippen LogP contribution in [0.4, 0.5) is 5.69 Å². The molecule has 2 aliphatic rings. The van der Waals surface area contributed by atoms with Crippen molar-refractivity contribution in [3.63, 3.8) is 0 Å². The normalized spacial score (nSPS) is 22.8. The van der Waals surface area contributed by atoms with Crippen LogP contribution in [0.2, 0.25) is 0 Å². The molecule has 0 radical (unpaired) electrons. The van der Waals surface area contributed by atoms with Gasteiger partial charge in [-0.2, -0.15) is 5.26 Å². The standard InChI is InChI=1S/C24H28N6OS/c1-14-12-30(21-9-22(31)28(4)20-8-7-18(10-25)26-23(20)21)15(2)11-29(14)16(3)24-27-19(13-32-24)17-5-6-17/h7-9,13-17H,5-6,11-12H2,1-4H3/t14-,15+,16?/m1/s1.